The zero-order valence-electron chi connectivity index (χ0n) is 11.0. The van der Waals surface area contributed by atoms with Crippen molar-refractivity contribution in [3.8, 4) is 0 Å². The molecule has 2 aromatic rings. The first-order valence-electron chi connectivity index (χ1n) is 5.99. The van der Waals surface area contributed by atoms with E-state index in [0.717, 1.165) is 21.1 Å². The maximum absolute atomic E-state index is 11.0. The number of thiazole rings is 1. The number of carbonyl (C=O) groups is 1. The fourth-order valence-corrected chi connectivity index (χ4v) is 2.63. The van der Waals surface area contributed by atoms with Crippen molar-refractivity contribution in [3.63, 3.8) is 0 Å². The van der Waals surface area contributed by atoms with Crippen LogP contribution in [-0.4, -0.2) is 22.6 Å². The number of hydrogen-bond donors (Lipinski definition) is 1. The van der Waals surface area contributed by atoms with Crippen molar-refractivity contribution in [2.24, 2.45) is 0 Å². The van der Waals surface area contributed by atoms with Crippen LogP contribution in [0.2, 0.25) is 0 Å². The first-order chi connectivity index (χ1) is 9.04. The van der Waals surface area contributed by atoms with Crippen LogP contribution in [0.25, 0.3) is 0 Å². The second-order valence-corrected chi connectivity index (χ2v) is 5.75. The Balaban J connectivity index is 2.20. The van der Waals surface area contributed by atoms with Gasteiger partial charge in [-0.2, -0.15) is 0 Å². The number of carboxylic acid groups (broad SMARTS) is 1. The van der Waals surface area contributed by atoms with Gasteiger partial charge in [0.05, 0.1) is 11.6 Å². The van der Waals surface area contributed by atoms with Crippen molar-refractivity contribution < 1.29 is 9.90 Å². The van der Waals surface area contributed by atoms with Crippen LogP contribution >= 0.6 is 11.3 Å². The summed E-state index contributed by atoms with van der Waals surface area (Å²) in [5, 5.41) is 10.0. The summed E-state index contributed by atoms with van der Waals surface area (Å²) >= 11 is 1.60. The van der Waals surface area contributed by atoms with Gasteiger partial charge in [-0.3, -0.25) is 4.79 Å². The molecule has 1 aromatic heterocycles. The van der Waals surface area contributed by atoms with Gasteiger partial charge < -0.3 is 10.0 Å². The molecule has 19 heavy (non-hydrogen) atoms. The van der Waals surface area contributed by atoms with Crippen LogP contribution in [-0.2, 0) is 11.3 Å². The third-order valence-corrected chi connectivity index (χ3v) is 3.64. The summed E-state index contributed by atoms with van der Waals surface area (Å²) in [5.41, 5.74) is 2.08. The third-order valence-electron chi connectivity index (χ3n) is 2.74. The molecule has 0 saturated carbocycles. The number of carboxylic acids is 1. The molecule has 0 atom stereocenters. The van der Waals surface area contributed by atoms with Crippen LogP contribution < -0.4 is 4.90 Å². The van der Waals surface area contributed by atoms with E-state index in [4.69, 9.17) is 5.11 Å². The highest BCUT2D eigenvalue weighted by molar-refractivity contribution is 7.11. The predicted octanol–water partition coefficient (Wildman–Crippen LogP) is 2.85. The Labute approximate surface area is 116 Å². The first-order valence-corrected chi connectivity index (χ1v) is 6.81. The van der Waals surface area contributed by atoms with Gasteiger partial charge in [-0.25, -0.2) is 4.98 Å². The maximum Gasteiger partial charge on any atom is 0.323 e. The van der Waals surface area contributed by atoms with E-state index in [9.17, 15) is 4.79 Å². The molecule has 0 aliphatic rings. The topological polar surface area (TPSA) is 53.4 Å². The number of nitrogens with zero attached hydrogens (tertiary/aromatic N) is 2. The molecule has 1 N–H and O–H groups in total. The van der Waals surface area contributed by atoms with Gasteiger partial charge in [-0.1, -0.05) is 17.7 Å². The van der Waals surface area contributed by atoms with Gasteiger partial charge in [0.25, 0.3) is 0 Å². The summed E-state index contributed by atoms with van der Waals surface area (Å²) in [7, 11) is 0. The minimum Gasteiger partial charge on any atom is -0.480 e. The average Bonchev–Trinajstić information content (AvgIpc) is 2.74. The molecular weight excluding hydrogens is 260 g/mol. The fourth-order valence-electron chi connectivity index (χ4n) is 1.82. The SMILES string of the molecule is Cc1ccc(N(CC(=O)O)Cc2cnc(C)s2)cc1. The zero-order valence-corrected chi connectivity index (χ0v) is 11.8. The molecule has 0 fully saturated rings. The normalized spacial score (nSPS) is 10.4. The summed E-state index contributed by atoms with van der Waals surface area (Å²) in [6.45, 7) is 4.51. The summed E-state index contributed by atoms with van der Waals surface area (Å²) in [4.78, 5) is 18.1. The number of benzene rings is 1. The van der Waals surface area contributed by atoms with E-state index in [1.54, 1.807) is 11.3 Å². The lowest BCUT2D eigenvalue weighted by atomic mass is 10.2. The molecule has 0 radical (unpaired) electrons. The van der Waals surface area contributed by atoms with Gasteiger partial charge >= 0.3 is 5.97 Å². The van der Waals surface area contributed by atoms with Gasteiger partial charge in [0.2, 0.25) is 0 Å². The number of aliphatic carboxylic acids is 1. The number of hydrogen-bond acceptors (Lipinski definition) is 4. The predicted molar refractivity (Wildman–Crippen MR) is 76.7 cm³/mol. The average molecular weight is 276 g/mol. The van der Waals surface area contributed by atoms with Crippen LogP contribution in [0.1, 0.15) is 15.4 Å². The molecule has 5 heteroatoms. The third kappa shape index (κ3) is 3.79. The quantitative estimate of drug-likeness (QED) is 0.912. The molecular formula is C14H16N2O2S. The molecule has 100 valence electrons. The second kappa shape index (κ2) is 5.84. The van der Waals surface area contributed by atoms with Crippen molar-refractivity contribution in [1.29, 1.82) is 0 Å². The molecule has 0 aliphatic heterocycles. The molecule has 1 aromatic carbocycles. The number of anilines is 1. The molecule has 0 amide bonds. The Bertz CT molecular complexity index is 563. The highest BCUT2D eigenvalue weighted by atomic mass is 32.1. The maximum atomic E-state index is 11.0. The van der Waals surface area contributed by atoms with E-state index in [2.05, 4.69) is 4.98 Å². The first kappa shape index (κ1) is 13.5. The Morgan fingerprint density at radius 1 is 1.32 bits per heavy atom. The molecule has 4 nitrogen and oxygen atoms in total. The highest BCUT2D eigenvalue weighted by Crippen LogP contribution is 2.20. The van der Waals surface area contributed by atoms with Crippen LogP contribution in [0.15, 0.2) is 30.5 Å². The summed E-state index contributed by atoms with van der Waals surface area (Å²) in [5.74, 6) is -0.832. The van der Waals surface area contributed by atoms with Crippen molar-refractivity contribution >= 4 is 23.0 Å². The van der Waals surface area contributed by atoms with E-state index in [1.807, 2.05) is 49.2 Å². The summed E-state index contributed by atoms with van der Waals surface area (Å²) in [6.07, 6.45) is 1.81. The van der Waals surface area contributed by atoms with E-state index < -0.39 is 5.97 Å². The molecule has 0 aliphatic carbocycles. The van der Waals surface area contributed by atoms with Crippen molar-refractivity contribution in [2.75, 3.05) is 11.4 Å². The van der Waals surface area contributed by atoms with Crippen molar-refractivity contribution in [2.45, 2.75) is 20.4 Å². The standard InChI is InChI=1S/C14H16N2O2S/c1-10-3-5-12(6-4-10)16(9-14(17)18)8-13-7-15-11(2)19-13/h3-7H,8-9H2,1-2H3,(H,17,18). The Morgan fingerprint density at radius 2 is 2.00 bits per heavy atom. The largest absolute Gasteiger partial charge is 0.480 e. The second-order valence-electron chi connectivity index (χ2n) is 4.43. The molecule has 0 saturated heterocycles. The monoisotopic (exact) mass is 276 g/mol. The van der Waals surface area contributed by atoms with E-state index in [-0.39, 0.29) is 6.54 Å². The van der Waals surface area contributed by atoms with E-state index >= 15 is 0 Å². The van der Waals surface area contributed by atoms with Crippen LogP contribution in [0.4, 0.5) is 5.69 Å². The van der Waals surface area contributed by atoms with Gasteiger partial charge in [0.15, 0.2) is 0 Å². The lowest BCUT2D eigenvalue weighted by molar-refractivity contribution is -0.135. The van der Waals surface area contributed by atoms with Gasteiger partial charge in [0.1, 0.15) is 6.54 Å². The van der Waals surface area contributed by atoms with Crippen LogP contribution in [0.3, 0.4) is 0 Å². The lowest BCUT2D eigenvalue weighted by Crippen LogP contribution is -2.28. The van der Waals surface area contributed by atoms with Crippen molar-refractivity contribution in [1.82, 2.24) is 4.98 Å². The lowest BCUT2D eigenvalue weighted by Gasteiger charge is -2.22. The number of rotatable bonds is 5. The molecule has 0 unspecified atom stereocenters. The molecule has 0 spiro atoms. The van der Waals surface area contributed by atoms with Crippen LogP contribution in [0, 0.1) is 13.8 Å². The number of aromatic nitrogens is 1. The molecule has 2 rings (SSSR count). The fraction of sp³-hybridized carbons (Fsp3) is 0.286. The minimum absolute atomic E-state index is 0.0139. The molecule has 0 bridgehead atoms. The van der Waals surface area contributed by atoms with Gasteiger partial charge in [0, 0.05) is 16.8 Å². The van der Waals surface area contributed by atoms with Gasteiger partial charge in [-0.15, -0.1) is 11.3 Å². The minimum atomic E-state index is -0.832. The van der Waals surface area contributed by atoms with E-state index in [0.29, 0.717) is 6.54 Å². The summed E-state index contributed by atoms with van der Waals surface area (Å²) < 4.78 is 0. The van der Waals surface area contributed by atoms with Crippen molar-refractivity contribution in [3.05, 3.63) is 45.9 Å². The Morgan fingerprint density at radius 3 is 2.53 bits per heavy atom. The zero-order chi connectivity index (χ0) is 13.8. The van der Waals surface area contributed by atoms with Gasteiger partial charge in [-0.05, 0) is 26.0 Å². The summed E-state index contributed by atoms with van der Waals surface area (Å²) in [6, 6.07) is 7.88. The van der Waals surface area contributed by atoms with E-state index in [1.165, 1.54) is 0 Å². The highest BCUT2D eigenvalue weighted by Gasteiger charge is 2.12. The molecule has 1 heterocycles. The Kier molecular flexibility index (Phi) is 4.16. The smallest absolute Gasteiger partial charge is 0.323 e. The number of aryl methyl sites for hydroxylation is 2. The van der Waals surface area contributed by atoms with Crippen LogP contribution in [0.5, 0.6) is 0 Å². The Hall–Kier alpha value is -1.88.